The molecule has 0 fully saturated rings. The third kappa shape index (κ3) is 5.77. The first kappa shape index (κ1) is 21.0. The second-order valence-corrected chi connectivity index (χ2v) is 6.06. The second kappa shape index (κ2) is 9.42. The Bertz CT molecular complexity index is 711. The van der Waals surface area contributed by atoms with Gasteiger partial charge in [-0.2, -0.15) is 5.26 Å². The standard InChI is InChI=1S/C18H23N3O5/c1-12(2)18(3,11-19)21-15(22)10-26-16(23)9-20-17(24)13-7-5-6-8-14(13)25-4/h5-8,12H,9-10H2,1-4H3,(H,20,24)(H,21,22)/t18-/m0/s1. The van der Waals surface area contributed by atoms with Gasteiger partial charge in [0, 0.05) is 0 Å². The van der Waals surface area contributed by atoms with Crippen molar-refractivity contribution in [1.82, 2.24) is 10.6 Å². The van der Waals surface area contributed by atoms with Crippen LogP contribution >= 0.6 is 0 Å². The number of nitrogens with zero attached hydrogens (tertiary/aromatic N) is 1. The van der Waals surface area contributed by atoms with Crippen LogP contribution in [0.15, 0.2) is 24.3 Å². The first-order chi connectivity index (χ1) is 12.2. The summed E-state index contributed by atoms with van der Waals surface area (Å²) < 4.78 is 9.88. The molecule has 0 aliphatic heterocycles. The molecule has 1 aromatic carbocycles. The lowest BCUT2D eigenvalue weighted by molar-refractivity contribution is -0.147. The van der Waals surface area contributed by atoms with Crippen molar-refractivity contribution in [1.29, 1.82) is 5.26 Å². The maximum atomic E-state index is 12.1. The largest absolute Gasteiger partial charge is 0.496 e. The summed E-state index contributed by atoms with van der Waals surface area (Å²) >= 11 is 0. The van der Waals surface area contributed by atoms with Crippen molar-refractivity contribution in [2.75, 3.05) is 20.3 Å². The highest BCUT2D eigenvalue weighted by Crippen LogP contribution is 2.16. The molecule has 2 N–H and O–H groups in total. The van der Waals surface area contributed by atoms with Crippen molar-refractivity contribution in [2.24, 2.45) is 5.92 Å². The number of ether oxygens (including phenoxy) is 2. The molecule has 0 radical (unpaired) electrons. The van der Waals surface area contributed by atoms with E-state index in [1.54, 1.807) is 45.0 Å². The van der Waals surface area contributed by atoms with Crippen molar-refractivity contribution in [3.8, 4) is 11.8 Å². The molecule has 8 heteroatoms. The molecule has 0 unspecified atom stereocenters. The molecule has 1 aromatic rings. The van der Waals surface area contributed by atoms with Gasteiger partial charge >= 0.3 is 5.97 Å². The molecule has 0 saturated carbocycles. The fourth-order valence-corrected chi connectivity index (χ4v) is 1.90. The summed E-state index contributed by atoms with van der Waals surface area (Å²) in [5.41, 5.74) is -0.774. The van der Waals surface area contributed by atoms with Gasteiger partial charge in [0.2, 0.25) is 0 Å². The van der Waals surface area contributed by atoms with Crippen LogP contribution in [-0.2, 0) is 14.3 Å². The predicted molar refractivity (Wildman–Crippen MR) is 93.3 cm³/mol. The molecule has 26 heavy (non-hydrogen) atoms. The van der Waals surface area contributed by atoms with Crippen molar-refractivity contribution < 1.29 is 23.9 Å². The summed E-state index contributed by atoms with van der Waals surface area (Å²) in [6.07, 6.45) is 0. The summed E-state index contributed by atoms with van der Waals surface area (Å²) in [4.78, 5) is 35.6. The van der Waals surface area contributed by atoms with Crippen molar-refractivity contribution in [3.63, 3.8) is 0 Å². The van der Waals surface area contributed by atoms with Crippen LogP contribution in [0.25, 0.3) is 0 Å². The number of nitriles is 1. The maximum absolute atomic E-state index is 12.1. The number of benzene rings is 1. The summed E-state index contributed by atoms with van der Waals surface area (Å²) in [7, 11) is 1.44. The van der Waals surface area contributed by atoms with Gasteiger partial charge in [-0.05, 0) is 25.0 Å². The summed E-state index contributed by atoms with van der Waals surface area (Å²) in [6, 6.07) is 8.59. The van der Waals surface area contributed by atoms with Crippen LogP contribution in [0.2, 0.25) is 0 Å². The number of carbonyl (C=O) groups is 3. The van der Waals surface area contributed by atoms with Gasteiger partial charge in [0.25, 0.3) is 11.8 Å². The number of hydrogen-bond donors (Lipinski definition) is 2. The zero-order chi connectivity index (χ0) is 19.7. The lowest BCUT2D eigenvalue weighted by atomic mass is 9.90. The Balaban J connectivity index is 2.47. The molecule has 140 valence electrons. The lowest BCUT2D eigenvalue weighted by Crippen LogP contribution is -2.50. The molecule has 0 heterocycles. The van der Waals surface area contributed by atoms with E-state index in [-0.39, 0.29) is 11.5 Å². The van der Waals surface area contributed by atoms with Crippen LogP contribution in [0, 0.1) is 17.2 Å². The topological polar surface area (TPSA) is 118 Å². The second-order valence-electron chi connectivity index (χ2n) is 6.06. The van der Waals surface area contributed by atoms with Gasteiger partial charge in [0.05, 0.1) is 18.7 Å². The summed E-state index contributed by atoms with van der Waals surface area (Å²) in [6.45, 7) is 4.24. The van der Waals surface area contributed by atoms with E-state index in [2.05, 4.69) is 10.6 Å². The highest BCUT2D eigenvalue weighted by Gasteiger charge is 2.30. The number of carbonyl (C=O) groups excluding carboxylic acids is 3. The first-order valence-corrected chi connectivity index (χ1v) is 8.02. The Kier molecular flexibility index (Phi) is 7.59. The Morgan fingerprint density at radius 2 is 1.92 bits per heavy atom. The minimum Gasteiger partial charge on any atom is -0.496 e. The fourth-order valence-electron chi connectivity index (χ4n) is 1.90. The highest BCUT2D eigenvalue weighted by atomic mass is 16.5. The molecule has 0 aromatic heterocycles. The van der Waals surface area contributed by atoms with E-state index in [9.17, 15) is 14.4 Å². The van der Waals surface area contributed by atoms with Gasteiger partial charge in [-0.3, -0.25) is 14.4 Å². The van der Waals surface area contributed by atoms with Crippen molar-refractivity contribution >= 4 is 17.8 Å². The average molecular weight is 361 g/mol. The van der Waals surface area contributed by atoms with Gasteiger partial charge in [-0.15, -0.1) is 0 Å². The zero-order valence-corrected chi connectivity index (χ0v) is 15.3. The van der Waals surface area contributed by atoms with Gasteiger partial charge in [-0.25, -0.2) is 0 Å². The van der Waals surface area contributed by atoms with Crippen LogP contribution in [0.4, 0.5) is 0 Å². The molecule has 1 atom stereocenters. The van der Waals surface area contributed by atoms with Crippen molar-refractivity contribution in [3.05, 3.63) is 29.8 Å². The van der Waals surface area contributed by atoms with Gasteiger partial charge in [0.1, 0.15) is 17.8 Å². The number of methoxy groups -OCH3 is 1. The van der Waals surface area contributed by atoms with Crippen LogP contribution in [-0.4, -0.2) is 43.6 Å². The summed E-state index contributed by atoms with van der Waals surface area (Å²) in [5, 5.41) is 14.1. The molecule has 2 amide bonds. The fraction of sp³-hybridized carbons (Fsp3) is 0.444. The Hall–Kier alpha value is -3.08. The SMILES string of the molecule is COc1ccccc1C(=O)NCC(=O)OCC(=O)N[C@@](C)(C#N)C(C)C. The number of nitrogens with one attached hydrogen (secondary N) is 2. The Morgan fingerprint density at radius 1 is 1.27 bits per heavy atom. The monoisotopic (exact) mass is 361 g/mol. The van der Waals surface area contributed by atoms with Crippen LogP contribution in [0.5, 0.6) is 5.75 Å². The molecule has 8 nitrogen and oxygen atoms in total. The van der Waals surface area contributed by atoms with E-state index in [4.69, 9.17) is 14.7 Å². The predicted octanol–water partition coefficient (Wildman–Crippen LogP) is 1.02. The van der Waals surface area contributed by atoms with E-state index >= 15 is 0 Å². The molecule has 0 aliphatic rings. The molecule has 0 aliphatic carbocycles. The summed E-state index contributed by atoms with van der Waals surface area (Å²) in [5.74, 6) is -1.60. The van der Waals surface area contributed by atoms with E-state index < -0.39 is 36.5 Å². The Morgan fingerprint density at radius 3 is 2.50 bits per heavy atom. The number of amides is 2. The molecule has 0 bridgehead atoms. The molecule has 0 saturated heterocycles. The van der Waals surface area contributed by atoms with Crippen LogP contribution in [0.3, 0.4) is 0 Å². The maximum Gasteiger partial charge on any atom is 0.325 e. The normalized spacial score (nSPS) is 12.5. The smallest absolute Gasteiger partial charge is 0.325 e. The van der Waals surface area contributed by atoms with E-state index in [0.29, 0.717) is 5.75 Å². The minimum absolute atomic E-state index is 0.118. The number of hydrogen-bond acceptors (Lipinski definition) is 6. The molecule has 0 spiro atoms. The lowest BCUT2D eigenvalue weighted by Gasteiger charge is -2.27. The zero-order valence-electron chi connectivity index (χ0n) is 15.3. The van der Waals surface area contributed by atoms with Gasteiger partial charge in [-0.1, -0.05) is 26.0 Å². The van der Waals surface area contributed by atoms with Crippen LogP contribution < -0.4 is 15.4 Å². The van der Waals surface area contributed by atoms with Gasteiger partial charge in [0.15, 0.2) is 6.61 Å². The number of para-hydroxylation sites is 1. The van der Waals surface area contributed by atoms with Crippen LogP contribution in [0.1, 0.15) is 31.1 Å². The quantitative estimate of drug-likeness (QED) is 0.668. The third-order valence-electron chi connectivity index (χ3n) is 3.90. The minimum atomic E-state index is -1.05. The molecular weight excluding hydrogens is 338 g/mol. The van der Waals surface area contributed by atoms with E-state index in [0.717, 1.165) is 0 Å². The van der Waals surface area contributed by atoms with E-state index in [1.165, 1.54) is 7.11 Å². The molecular formula is C18H23N3O5. The number of rotatable bonds is 8. The molecule has 1 rings (SSSR count). The average Bonchev–Trinajstić information content (AvgIpc) is 2.63. The van der Waals surface area contributed by atoms with E-state index in [1.807, 2.05) is 6.07 Å². The highest BCUT2D eigenvalue weighted by molar-refractivity contribution is 5.98. The third-order valence-corrected chi connectivity index (χ3v) is 3.90. The van der Waals surface area contributed by atoms with Crippen molar-refractivity contribution in [2.45, 2.75) is 26.3 Å². The Labute approximate surface area is 152 Å². The number of esters is 1. The van der Waals surface area contributed by atoms with Gasteiger partial charge < -0.3 is 20.1 Å². The first-order valence-electron chi connectivity index (χ1n) is 8.02.